The number of ether oxygens (including phenoxy) is 1. The monoisotopic (exact) mass is 538 g/mol. The average molecular weight is 539 g/mol. The van der Waals surface area contributed by atoms with Gasteiger partial charge in [0.25, 0.3) is 5.56 Å². The number of nitrogens with zero attached hydrogens (tertiary/aromatic N) is 4. The summed E-state index contributed by atoms with van der Waals surface area (Å²) in [6, 6.07) is 20.2. The maximum atomic E-state index is 14.1. The van der Waals surface area contributed by atoms with Gasteiger partial charge in [-0.1, -0.05) is 24.3 Å². The van der Waals surface area contributed by atoms with Gasteiger partial charge >= 0.3 is 0 Å². The Kier molecular flexibility index (Phi) is 7.19. The lowest BCUT2D eigenvalue weighted by molar-refractivity contribution is 0.132. The molecule has 0 unspecified atom stereocenters. The molecule has 3 heterocycles. The van der Waals surface area contributed by atoms with E-state index in [-0.39, 0.29) is 5.56 Å². The van der Waals surface area contributed by atoms with Crippen LogP contribution in [0.25, 0.3) is 32.5 Å². The zero-order valence-electron chi connectivity index (χ0n) is 22.8. The van der Waals surface area contributed by atoms with Crippen molar-refractivity contribution in [1.29, 1.82) is 0 Å². The molecule has 0 amide bonds. The fraction of sp³-hybridized carbons (Fsp3) is 0.344. The van der Waals surface area contributed by atoms with E-state index in [4.69, 9.17) is 9.72 Å². The zero-order chi connectivity index (χ0) is 26.9. The van der Waals surface area contributed by atoms with Crippen LogP contribution in [0.3, 0.4) is 0 Å². The molecule has 1 aliphatic rings. The normalized spacial score (nSPS) is 16.4. The number of hydrogen-bond acceptors (Lipinski definition) is 6. The van der Waals surface area contributed by atoms with E-state index in [2.05, 4.69) is 42.8 Å². The van der Waals surface area contributed by atoms with Crippen LogP contribution in [0.1, 0.15) is 38.7 Å². The van der Waals surface area contributed by atoms with Crippen LogP contribution in [0.15, 0.2) is 71.0 Å². The molecule has 6 nitrogen and oxygen atoms in total. The highest BCUT2D eigenvalue weighted by Gasteiger charge is 2.23. The predicted octanol–water partition coefficient (Wildman–Crippen LogP) is 7.28. The van der Waals surface area contributed by atoms with Gasteiger partial charge in [-0.25, -0.2) is 9.97 Å². The van der Waals surface area contributed by atoms with Gasteiger partial charge in [-0.3, -0.25) is 9.36 Å². The van der Waals surface area contributed by atoms with Gasteiger partial charge in [0.05, 0.1) is 26.6 Å². The number of aromatic nitrogens is 3. The van der Waals surface area contributed by atoms with Gasteiger partial charge in [-0.15, -0.1) is 11.3 Å². The number of aryl methyl sites for hydroxylation is 1. The average Bonchev–Trinajstić information content (AvgIpc) is 3.41. The minimum atomic E-state index is -0.0156. The maximum absolute atomic E-state index is 14.1. The minimum absolute atomic E-state index is 0.0156. The maximum Gasteiger partial charge on any atom is 0.261 e. The van der Waals surface area contributed by atoms with Crippen molar-refractivity contribution in [1.82, 2.24) is 19.4 Å². The summed E-state index contributed by atoms with van der Waals surface area (Å²) in [6.07, 6.45) is 3.38. The molecule has 0 spiro atoms. The Labute approximate surface area is 232 Å². The standard InChI is InChI=1S/C32H34N4O2S/c1-21(2)35-15-6-8-23(19-35)14-16-36-31(26-9-5-4-7-22(26)3)34-28-12-10-24(17-27(28)32(36)37)38-25-11-13-29-30(18-25)39-20-33-29/h4-5,7,9-13,17-18,20-21,23H,6,8,14-16,19H2,1-3H3/t23-/m1/s1. The quantitative estimate of drug-likeness (QED) is 0.218. The number of benzene rings is 3. The first-order valence-corrected chi connectivity index (χ1v) is 14.7. The second kappa shape index (κ2) is 10.9. The van der Waals surface area contributed by atoms with Crippen molar-refractivity contribution in [3.8, 4) is 22.9 Å². The zero-order valence-corrected chi connectivity index (χ0v) is 23.6. The van der Waals surface area contributed by atoms with Gasteiger partial charge in [0, 0.05) is 30.8 Å². The number of likely N-dealkylation sites (tertiary alicyclic amines) is 1. The van der Waals surface area contributed by atoms with Crippen molar-refractivity contribution in [2.45, 2.75) is 52.6 Å². The van der Waals surface area contributed by atoms with Gasteiger partial charge in [0.2, 0.25) is 0 Å². The molecule has 7 heteroatoms. The van der Waals surface area contributed by atoms with Crippen LogP contribution in [-0.4, -0.2) is 38.6 Å². The second-order valence-electron chi connectivity index (χ2n) is 10.9. The van der Waals surface area contributed by atoms with Crippen LogP contribution in [0, 0.1) is 12.8 Å². The Morgan fingerprint density at radius 2 is 1.85 bits per heavy atom. The summed E-state index contributed by atoms with van der Waals surface area (Å²) in [7, 11) is 0. The Balaban J connectivity index is 1.37. The van der Waals surface area contributed by atoms with E-state index in [0.29, 0.717) is 35.2 Å². The predicted molar refractivity (Wildman–Crippen MR) is 160 cm³/mol. The van der Waals surface area contributed by atoms with Crippen LogP contribution in [0.4, 0.5) is 0 Å². The first-order valence-electron chi connectivity index (χ1n) is 13.8. The third-order valence-corrected chi connectivity index (χ3v) is 8.68. The molecule has 0 radical (unpaired) electrons. The molecule has 5 aromatic rings. The lowest BCUT2D eigenvalue weighted by atomic mass is 9.94. The molecule has 0 bridgehead atoms. The molecule has 1 atom stereocenters. The summed E-state index contributed by atoms with van der Waals surface area (Å²) < 4.78 is 9.14. The second-order valence-corrected chi connectivity index (χ2v) is 11.7. The van der Waals surface area contributed by atoms with E-state index in [9.17, 15) is 4.79 Å². The van der Waals surface area contributed by atoms with Crippen molar-refractivity contribution in [2.24, 2.45) is 5.92 Å². The number of thiazole rings is 1. The molecule has 1 fully saturated rings. The summed E-state index contributed by atoms with van der Waals surface area (Å²) in [6.45, 7) is 9.52. The van der Waals surface area contributed by atoms with Gasteiger partial charge in [-0.05, 0) is 88.4 Å². The molecule has 2 aromatic heterocycles. The summed E-state index contributed by atoms with van der Waals surface area (Å²) >= 11 is 1.58. The first kappa shape index (κ1) is 25.7. The van der Waals surface area contributed by atoms with Gasteiger partial charge < -0.3 is 9.64 Å². The molecule has 0 aliphatic carbocycles. The van der Waals surface area contributed by atoms with E-state index in [0.717, 1.165) is 45.9 Å². The Morgan fingerprint density at radius 3 is 2.67 bits per heavy atom. The number of hydrogen-bond donors (Lipinski definition) is 0. The molecule has 0 N–H and O–H groups in total. The SMILES string of the molecule is Cc1ccccc1-c1nc2ccc(Oc3ccc4ncsc4c3)cc2c(=O)n1CC[C@H]1CCCN(C(C)C)C1. The molecule has 0 saturated carbocycles. The Hall–Kier alpha value is -3.55. The first-order chi connectivity index (χ1) is 19.0. The summed E-state index contributed by atoms with van der Waals surface area (Å²) in [4.78, 5) is 26.0. The van der Waals surface area contributed by atoms with E-state index >= 15 is 0 Å². The third-order valence-electron chi connectivity index (χ3n) is 7.89. The van der Waals surface area contributed by atoms with Crippen LogP contribution >= 0.6 is 11.3 Å². The van der Waals surface area contributed by atoms with E-state index in [1.54, 1.807) is 11.3 Å². The van der Waals surface area contributed by atoms with Crippen molar-refractivity contribution in [2.75, 3.05) is 13.1 Å². The van der Waals surface area contributed by atoms with Crippen LogP contribution in [0.5, 0.6) is 11.5 Å². The fourth-order valence-corrected chi connectivity index (χ4v) is 6.35. The van der Waals surface area contributed by atoms with E-state index in [1.807, 2.05) is 58.6 Å². The molecule has 6 rings (SSSR count). The summed E-state index contributed by atoms with van der Waals surface area (Å²) in [5.41, 5.74) is 5.57. The molecule has 1 aliphatic heterocycles. The molecular formula is C32H34N4O2S. The highest BCUT2D eigenvalue weighted by atomic mass is 32.1. The highest BCUT2D eigenvalue weighted by Crippen LogP contribution is 2.30. The highest BCUT2D eigenvalue weighted by molar-refractivity contribution is 7.16. The van der Waals surface area contributed by atoms with Gasteiger partial charge in [-0.2, -0.15) is 0 Å². The molecule has 39 heavy (non-hydrogen) atoms. The Morgan fingerprint density at radius 1 is 1.05 bits per heavy atom. The Bertz CT molecular complexity index is 1690. The van der Waals surface area contributed by atoms with Gasteiger partial charge in [0.15, 0.2) is 0 Å². The smallest absolute Gasteiger partial charge is 0.261 e. The lowest BCUT2D eigenvalue weighted by Crippen LogP contribution is -2.40. The van der Waals surface area contributed by atoms with Crippen LogP contribution in [-0.2, 0) is 6.54 Å². The van der Waals surface area contributed by atoms with E-state index in [1.165, 1.54) is 19.4 Å². The van der Waals surface area contributed by atoms with E-state index < -0.39 is 0 Å². The minimum Gasteiger partial charge on any atom is -0.457 e. The topological polar surface area (TPSA) is 60.3 Å². The largest absolute Gasteiger partial charge is 0.457 e. The van der Waals surface area contributed by atoms with Crippen LogP contribution < -0.4 is 10.3 Å². The number of piperidine rings is 1. The summed E-state index contributed by atoms with van der Waals surface area (Å²) in [5, 5.41) is 0.580. The lowest BCUT2D eigenvalue weighted by Gasteiger charge is -2.35. The molecular weight excluding hydrogens is 504 g/mol. The van der Waals surface area contributed by atoms with Crippen molar-refractivity contribution in [3.05, 3.63) is 82.1 Å². The third kappa shape index (κ3) is 5.34. The number of fused-ring (bicyclic) bond motifs is 2. The molecule has 1 saturated heterocycles. The van der Waals surface area contributed by atoms with Crippen molar-refractivity contribution >= 4 is 32.5 Å². The number of rotatable bonds is 7. The summed E-state index contributed by atoms with van der Waals surface area (Å²) in [5.74, 6) is 2.67. The molecule has 200 valence electrons. The fourth-order valence-electron chi connectivity index (χ4n) is 5.65. The van der Waals surface area contributed by atoms with Crippen molar-refractivity contribution < 1.29 is 4.74 Å². The molecule has 3 aromatic carbocycles. The van der Waals surface area contributed by atoms with Crippen molar-refractivity contribution in [3.63, 3.8) is 0 Å². The van der Waals surface area contributed by atoms with Gasteiger partial charge in [0.1, 0.15) is 17.3 Å². The van der Waals surface area contributed by atoms with Crippen LogP contribution in [0.2, 0.25) is 0 Å².